The van der Waals surface area contributed by atoms with Crippen molar-refractivity contribution < 1.29 is 9.59 Å². The Morgan fingerprint density at radius 3 is 2.42 bits per heavy atom. The largest absolute Gasteiger partial charge is 0.385 e. The summed E-state index contributed by atoms with van der Waals surface area (Å²) in [6.45, 7) is 3.06. The average molecular weight is 483 g/mol. The van der Waals surface area contributed by atoms with Gasteiger partial charge in [-0.15, -0.1) is 0 Å². The van der Waals surface area contributed by atoms with E-state index in [1.165, 1.54) is 0 Å². The lowest BCUT2D eigenvalue weighted by molar-refractivity contribution is 0.0934. The number of hydrogen-bond acceptors (Lipinski definition) is 5. The number of hydrogen-bond donors (Lipinski definition) is 5. The third-order valence-corrected chi connectivity index (χ3v) is 5.93. The van der Waals surface area contributed by atoms with E-state index in [0.717, 1.165) is 28.1 Å². The first-order valence-corrected chi connectivity index (χ1v) is 11.8. The molecule has 0 fully saturated rings. The summed E-state index contributed by atoms with van der Waals surface area (Å²) in [6.07, 6.45) is 2.27. The third-order valence-electron chi connectivity index (χ3n) is 5.93. The molecular formula is C28H30N6O2. The van der Waals surface area contributed by atoms with Gasteiger partial charge < -0.3 is 27.1 Å². The predicted molar refractivity (Wildman–Crippen MR) is 141 cm³/mol. The van der Waals surface area contributed by atoms with E-state index in [0.29, 0.717) is 36.5 Å². The summed E-state index contributed by atoms with van der Waals surface area (Å²) in [6, 6.07) is 22.1. The van der Waals surface area contributed by atoms with Crippen LogP contribution >= 0.6 is 0 Å². The number of rotatable bonds is 10. The molecule has 3 aromatic carbocycles. The van der Waals surface area contributed by atoms with E-state index in [1.807, 2.05) is 61.5 Å². The zero-order chi connectivity index (χ0) is 25.5. The first-order chi connectivity index (χ1) is 17.5. The van der Waals surface area contributed by atoms with Crippen molar-refractivity contribution in [1.29, 1.82) is 0 Å². The summed E-state index contributed by atoms with van der Waals surface area (Å²) in [5.74, 6) is -0.0575. The molecule has 0 aliphatic carbocycles. The van der Waals surface area contributed by atoms with Crippen molar-refractivity contribution in [2.24, 2.45) is 11.5 Å². The van der Waals surface area contributed by atoms with Crippen LogP contribution < -0.4 is 22.1 Å². The van der Waals surface area contributed by atoms with Crippen LogP contribution in [0.4, 0.5) is 5.69 Å². The second kappa shape index (κ2) is 11.3. The number of aromatic nitrogens is 2. The summed E-state index contributed by atoms with van der Waals surface area (Å²) in [4.78, 5) is 32.7. The van der Waals surface area contributed by atoms with Gasteiger partial charge in [0.15, 0.2) is 0 Å². The maximum atomic E-state index is 13.4. The number of nitrogens with two attached hydrogens (primary N) is 2. The summed E-state index contributed by atoms with van der Waals surface area (Å²) in [7, 11) is 0. The van der Waals surface area contributed by atoms with Gasteiger partial charge in [-0.1, -0.05) is 48.5 Å². The van der Waals surface area contributed by atoms with E-state index in [1.54, 1.807) is 24.4 Å². The molecule has 0 aliphatic rings. The lowest BCUT2D eigenvalue weighted by Crippen LogP contribution is -2.31. The van der Waals surface area contributed by atoms with Gasteiger partial charge in [-0.25, -0.2) is 4.98 Å². The molecule has 1 heterocycles. The molecule has 0 saturated carbocycles. The number of aromatic amines is 1. The maximum absolute atomic E-state index is 13.4. The molecule has 4 rings (SSSR count). The molecule has 2 amide bonds. The molecule has 8 nitrogen and oxygen atoms in total. The number of imidazole rings is 1. The number of benzene rings is 3. The van der Waals surface area contributed by atoms with Crippen LogP contribution in [0.3, 0.4) is 0 Å². The minimum absolute atomic E-state index is 0.209. The minimum atomic E-state index is -0.478. The van der Waals surface area contributed by atoms with Gasteiger partial charge >= 0.3 is 0 Å². The first kappa shape index (κ1) is 24.7. The van der Waals surface area contributed by atoms with Gasteiger partial charge in [0.25, 0.3) is 5.91 Å². The quantitative estimate of drug-likeness (QED) is 0.234. The van der Waals surface area contributed by atoms with Crippen molar-refractivity contribution >= 4 is 17.5 Å². The van der Waals surface area contributed by atoms with Crippen molar-refractivity contribution in [3.63, 3.8) is 0 Å². The van der Waals surface area contributed by atoms with Crippen molar-refractivity contribution in [3.05, 3.63) is 107 Å². The molecule has 184 valence electrons. The fourth-order valence-electron chi connectivity index (χ4n) is 4.03. The summed E-state index contributed by atoms with van der Waals surface area (Å²) < 4.78 is 0. The fraction of sp³-hybridized carbons (Fsp3) is 0.179. The molecule has 0 bridgehead atoms. The number of carbonyl (C=O) groups excluding carboxylic acids is 2. The molecule has 1 atom stereocenters. The Morgan fingerprint density at radius 2 is 1.75 bits per heavy atom. The Labute approximate surface area is 210 Å². The SMILES string of the molecule is CCNc1cc(CN)ccc1C(=O)N[C@@H](Cc1ccccc1)c1ncc(-c2ccc(C(N)=O)cc2)[nH]1. The smallest absolute Gasteiger partial charge is 0.253 e. The second-order valence-corrected chi connectivity index (χ2v) is 8.45. The summed E-state index contributed by atoms with van der Waals surface area (Å²) >= 11 is 0. The second-order valence-electron chi connectivity index (χ2n) is 8.45. The van der Waals surface area contributed by atoms with Crippen molar-refractivity contribution in [1.82, 2.24) is 15.3 Å². The zero-order valence-corrected chi connectivity index (χ0v) is 20.1. The molecule has 1 aromatic heterocycles. The number of anilines is 1. The number of nitrogens with one attached hydrogen (secondary N) is 3. The van der Waals surface area contributed by atoms with Crippen molar-refractivity contribution in [3.8, 4) is 11.3 Å². The molecule has 8 heteroatoms. The Bertz CT molecular complexity index is 1330. The normalized spacial score (nSPS) is 11.6. The summed E-state index contributed by atoms with van der Waals surface area (Å²) in [5.41, 5.74) is 16.5. The lowest BCUT2D eigenvalue weighted by Gasteiger charge is -2.19. The molecule has 4 aromatic rings. The van der Waals surface area contributed by atoms with Crippen molar-refractivity contribution in [2.45, 2.75) is 25.9 Å². The Morgan fingerprint density at radius 1 is 1.00 bits per heavy atom. The van der Waals surface area contributed by atoms with Crippen LogP contribution in [0.5, 0.6) is 0 Å². The van der Waals surface area contributed by atoms with E-state index in [-0.39, 0.29) is 5.91 Å². The minimum Gasteiger partial charge on any atom is -0.385 e. The topological polar surface area (TPSA) is 139 Å². The average Bonchev–Trinajstić information content (AvgIpc) is 3.39. The van der Waals surface area contributed by atoms with Crippen LogP contribution in [0.1, 0.15) is 50.6 Å². The lowest BCUT2D eigenvalue weighted by atomic mass is 10.0. The number of primary amides is 1. The molecule has 0 saturated heterocycles. The van der Waals surface area contributed by atoms with E-state index in [2.05, 4.69) is 20.6 Å². The van der Waals surface area contributed by atoms with Gasteiger partial charge in [-0.2, -0.15) is 0 Å². The number of amides is 2. The maximum Gasteiger partial charge on any atom is 0.253 e. The molecule has 0 radical (unpaired) electrons. The Balaban J connectivity index is 1.63. The summed E-state index contributed by atoms with van der Waals surface area (Å²) in [5, 5.41) is 6.42. The molecule has 0 unspecified atom stereocenters. The van der Waals surface area contributed by atoms with Crippen LogP contribution in [0, 0.1) is 0 Å². The predicted octanol–water partition coefficient (Wildman–Crippen LogP) is 3.78. The highest BCUT2D eigenvalue weighted by Crippen LogP contribution is 2.24. The molecular weight excluding hydrogens is 452 g/mol. The fourth-order valence-corrected chi connectivity index (χ4v) is 4.03. The number of carbonyl (C=O) groups is 2. The molecule has 7 N–H and O–H groups in total. The number of nitrogens with zero attached hydrogens (tertiary/aromatic N) is 1. The van der Waals surface area contributed by atoms with Gasteiger partial charge in [0.05, 0.1) is 23.5 Å². The third kappa shape index (κ3) is 5.79. The van der Waals surface area contributed by atoms with Gasteiger partial charge in [0.2, 0.25) is 5.91 Å². The molecule has 36 heavy (non-hydrogen) atoms. The van der Waals surface area contributed by atoms with E-state index >= 15 is 0 Å². The highest BCUT2D eigenvalue weighted by Gasteiger charge is 2.21. The van der Waals surface area contributed by atoms with Crippen LogP contribution in [-0.4, -0.2) is 28.3 Å². The standard InChI is InChI=1S/C28H30N6O2/c1-2-31-23-15-19(16-29)8-13-22(23)28(36)34-24(14-18-6-4-3-5-7-18)27-32-17-25(33-27)20-9-11-21(12-10-20)26(30)35/h3-13,15,17,24,31H,2,14,16,29H2,1H3,(H2,30,35)(H,32,33)(H,34,36)/t24-/m0/s1. The molecule has 0 spiro atoms. The Hall–Kier alpha value is -4.43. The van der Waals surface area contributed by atoms with Gasteiger partial charge in [0.1, 0.15) is 5.82 Å². The highest BCUT2D eigenvalue weighted by molar-refractivity contribution is 6.00. The van der Waals surface area contributed by atoms with Crippen molar-refractivity contribution in [2.75, 3.05) is 11.9 Å². The van der Waals surface area contributed by atoms with Crippen LogP contribution in [0.2, 0.25) is 0 Å². The van der Waals surface area contributed by atoms with E-state index in [4.69, 9.17) is 11.5 Å². The zero-order valence-electron chi connectivity index (χ0n) is 20.1. The number of H-pyrrole nitrogens is 1. The Kier molecular flexibility index (Phi) is 7.77. The van der Waals surface area contributed by atoms with Gasteiger partial charge in [-0.3, -0.25) is 9.59 Å². The monoisotopic (exact) mass is 482 g/mol. The van der Waals surface area contributed by atoms with Crippen LogP contribution in [0.15, 0.2) is 79.0 Å². The van der Waals surface area contributed by atoms with E-state index < -0.39 is 11.9 Å². The molecule has 0 aliphatic heterocycles. The van der Waals surface area contributed by atoms with Crippen LogP contribution in [0.25, 0.3) is 11.3 Å². The van der Waals surface area contributed by atoms with Crippen LogP contribution in [-0.2, 0) is 13.0 Å². The van der Waals surface area contributed by atoms with E-state index in [9.17, 15) is 9.59 Å². The van der Waals surface area contributed by atoms with Gasteiger partial charge in [0, 0.05) is 24.3 Å². The highest BCUT2D eigenvalue weighted by atomic mass is 16.2. The van der Waals surface area contributed by atoms with Gasteiger partial charge in [-0.05, 0) is 54.3 Å². The first-order valence-electron chi connectivity index (χ1n) is 11.8.